The summed E-state index contributed by atoms with van der Waals surface area (Å²) in [7, 11) is 0. The van der Waals surface area contributed by atoms with E-state index in [1.165, 1.54) is 0 Å². The van der Waals surface area contributed by atoms with E-state index in [2.05, 4.69) is 35.8 Å². The van der Waals surface area contributed by atoms with Crippen LogP contribution in [0, 0.1) is 0 Å². The van der Waals surface area contributed by atoms with Crippen molar-refractivity contribution in [2.45, 2.75) is 0 Å². The predicted molar refractivity (Wildman–Crippen MR) is 81.0 cm³/mol. The molecule has 3 rings (SSSR count). The van der Waals surface area contributed by atoms with Crippen LogP contribution in [-0.4, -0.2) is 41.3 Å². The first-order valence-corrected chi connectivity index (χ1v) is 7.40. The minimum Gasteiger partial charge on any atom is -0.378 e. The largest absolute Gasteiger partial charge is 0.378 e. The molecule has 104 valence electrons. The maximum absolute atomic E-state index is 6.03. The highest BCUT2D eigenvalue weighted by Gasteiger charge is 2.16. The number of ether oxygens (including phenoxy) is 1. The molecule has 0 radical (unpaired) electrons. The molecular weight excluding hydrogens is 344 g/mol. The summed E-state index contributed by atoms with van der Waals surface area (Å²) in [6.45, 7) is 2.88. The fourth-order valence-corrected chi connectivity index (χ4v) is 2.56. The Morgan fingerprint density at radius 1 is 1.15 bits per heavy atom. The van der Waals surface area contributed by atoms with Gasteiger partial charge in [0, 0.05) is 23.1 Å². The highest BCUT2D eigenvalue weighted by Crippen LogP contribution is 2.23. The first-order valence-electron chi connectivity index (χ1n) is 6.22. The molecule has 0 amide bonds. The summed E-state index contributed by atoms with van der Waals surface area (Å²) in [6.07, 6.45) is 0. The first-order chi connectivity index (χ1) is 9.72. The molecule has 0 unspecified atom stereocenters. The summed E-state index contributed by atoms with van der Waals surface area (Å²) >= 11 is 9.47. The molecule has 1 aliphatic rings. The summed E-state index contributed by atoms with van der Waals surface area (Å²) in [5.41, 5.74) is 0.901. The van der Waals surface area contributed by atoms with Gasteiger partial charge in [-0.3, -0.25) is 0 Å². The van der Waals surface area contributed by atoms with Gasteiger partial charge in [0.25, 0.3) is 0 Å². The molecule has 0 N–H and O–H groups in total. The van der Waals surface area contributed by atoms with E-state index in [9.17, 15) is 0 Å². The number of halogens is 2. The van der Waals surface area contributed by atoms with Crippen LogP contribution in [0.1, 0.15) is 0 Å². The lowest BCUT2D eigenvalue weighted by Gasteiger charge is -2.26. The van der Waals surface area contributed by atoms with Gasteiger partial charge in [-0.2, -0.15) is 15.0 Å². The Hall–Kier alpha value is -1.24. The number of nitrogens with zero attached hydrogens (tertiary/aromatic N) is 4. The molecule has 5 nitrogen and oxygen atoms in total. The minimum atomic E-state index is 0.205. The van der Waals surface area contributed by atoms with Crippen molar-refractivity contribution in [1.82, 2.24) is 15.0 Å². The van der Waals surface area contributed by atoms with Gasteiger partial charge in [-0.15, -0.1) is 0 Å². The fourth-order valence-electron chi connectivity index (χ4n) is 2.00. The molecule has 1 fully saturated rings. The van der Waals surface area contributed by atoms with Crippen molar-refractivity contribution in [1.29, 1.82) is 0 Å². The van der Waals surface area contributed by atoms with Gasteiger partial charge in [0.2, 0.25) is 11.2 Å². The second-order valence-electron chi connectivity index (χ2n) is 4.34. The molecule has 0 bridgehead atoms. The van der Waals surface area contributed by atoms with Crippen LogP contribution < -0.4 is 4.90 Å². The Morgan fingerprint density at radius 2 is 1.95 bits per heavy atom. The van der Waals surface area contributed by atoms with E-state index in [-0.39, 0.29) is 5.28 Å². The van der Waals surface area contributed by atoms with Crippen LogP contribution in [0.5, 0.6) is 0 Å². The highest BCUT2D eigenvalue weighted by atomic mass is 79.9. The van der Waals surface area contributed by atoms with Gasteiger partial charge < -0.3 is 9.64 Å². The molecule has 1 aromatic carbocycles. The Labute approximate surface area is 130 Å². The van der Waals surface area contributed by atoms with E-state index in [0.717, 1.165) is 23.1 Å². The van der Waals surface area contributed by atoms with Gasteiger partial charge in [0.1, 0.15) is 0 Å². The van der Waals surface area contributed by atoms with Crippen LogP contribution >= 0.6 is 27.5 Å². The maximum atomic E-state index is 6.03. The topological polar surface area (TPSA) is 51.1 Å². The highest BCUT2D eigenvalue weighted by molar-refractivity contribution is 9.10. The van der Waals surface area contributed by atoms with Crippen molar-refractivity contribution in [3.8, 4) is 11.4 Å². The van der Waals surface area contributed by atoms with Gasteiger partial charge >= 0.3 is 0 Å². The summed E-state index contributed by atoms with van der Waals surface area (Å²) in [6, 6.07) is 7.79. The molecule has 2 heterocycles. The zero-order valence-corrected chi connectivity index (χ0v) is 12.9. The smallest absolute Gasteiger partial charge is 0.230 e. The Bertz CT molecular complexity index is 619. The number of hydrogen-bond donors (Lipinski definition) is 0. The SMILES string of the molecule is Clc1nc(-c2cccc(Br)c2)nc(N2CCOCC2)n1. The minimum absolute atomic E-state index is 0.205. The van der Waals surface area contributed by atoms with Crippen LogP contribution in [0.4, 0.5) is 5.95 Å². The summed E-state index contributed by atoms with van der Waals surface area (Å²) in [4.78, 5) is 15.0. The van der Waals surface area contributed by atoms with Crippen molar-refractivity contribution in [2.75, 3.05) is 31.2 Å². The second kappa shape index (κ2) is 6.03. The number of hydrogen-bond acceptors (Lipinski definition) is 5. The van der Waals surface area contributed by atoms with E-state index >= 15 is 0 Å². The Balaban J connectivity index is 1.97. The third-order valence-electron chi connectivity index (χ3n) is 2.97. The number of aromatic nitrogens is 3. The summed E-state index contributed by atoms with van der Waals surface area (Å²) < 4.78 is 6.30. The van der Waals surface area contributed by atoms with E-state index in [1.54, 1.807) is 0 Å². The van der Waals surface area contributed by atoms with Gasteiger partial charge in [-0.05, 0) is 23.7 Å². The zero-order valence-electron chi connectivity index (χ0n) is 10.6. The van der Waals surface area contributed by atoms with Gasteiger partial charge in [0.15, 0.2) is 5.82 Å². The molecular formula is C13H12BrClN4O. The maximum Gasteiger partial charge on any atom is 0.230 e. The van der Waals surface area contributed by atoms with E-state index in [0.29, 0.717) is 25.0 Å². The molecule has 0 atom stereocenters. The number of rotatable bonds is 2. The van der Waals surface area contributed by atoms with E-state index in [4.69, 9.17) is 16.3 Å². The molecule has 1 aliphatic heterocycles. The van der Waals surface area contributed by atoms with Gasteiger partial charge in [-0.1, -0.05) is 28.1 Å². The molecule has 20 heavy (non-hydrogen) atoms. The molecule has 0 saturated carbocycles. The third kappa shape index (κ3) is 3.08. The van der Waals surface area contributed by atoms with Crippen molar-refractivity contribution in [2.24, 2.45) is 0 Å². The molecule has 0 aliphatic carbocycles. The molecule has 1 saturated heterocycles. The predicted octanol–water partition coefficient (Wildman–Crippen LogP) is 2.79. The first kappa shape index (κ1) is 13.7. The zero-order chi connectivity index (χ0) is 13.9. The van der Waals surface area contributed by atoms with Crippen molar-refractivity contribution < 1.29 is 4.74 Å². The molecule has 1 aromatic heterocycles. The third-order valence-corrected chi connectivity index (χ3v) is 3.64. The molecule has 2 aromatic rings. The van der Waals surface area contributed by atoms with Crippen molar-refractivity contribution in [3.05, 3.63) is 34.0 Å². The molecule has 7 heteroatoms. The van der Waals surface area contributed by atoms with Crippen LogP contribution in [0.3, 0.4) is 0 Å². The number of anilines is 1. The second-order valence-corrected chi connectivity index (χ2v) is 5.59. The number of benzene rings is 1. The lowest BCUT2D eigenvalue weighted by atomic mass is 10.2. The quantitative estimate of drug-likeness (QED) is 0.829. The monoisotopic (exact) mass is 354 g/mol. The van der Waals surface area contributed by atoms with Crippen LogP contribution in [0.25, 0.3) is 11.4 Å². The van der Waals surface area contributed by atoms with Crippen LogP contribution in [0.2, 0.25) is 5.28 Å². The molecule has 0 spiro atoms. The van der Waals surface area contributed by atoms with Crippen LogP contribution in [-0.2, 0) is 4.74 Å². The standard InChI is InChI=1S/C13H12BrClN4O/c14-10-3-1-2-9(8-10)11-16-12(15)18-13(17-11)19-4-6-20-7-5-19/h1-3,8H,4-7H2. The van der Waals surface area contributed by atoms with Crippen molar-refractivity contribution in [3.63, 3.8) is 0 Å². The normalized spacial score (nSPS) is 15.4. The van der Waals surface area contributed by atoms with E-state index in [1.807, 2.05) is 24.3 Å². The van der Waals surface area contributed by atoms with Crippen LogP contribution in [0.15, 0.2) is 28.7 Å². The summed E-state index contributed by atoms with van der Waals surface area (Å²) in [5, 5.41) is 0.205. The Kier molecular flexibility index (Phi) is 4.14. The van der Waals surface area contributed by atoms with Gasteiger partial charge in [0.05, 0.1) is 13.2 Å². The summed E-state index contributed by atoms with van der Waals surface area (Å²) in [5.74, 6) is 1.18. The lowest BCUT2D eigenvalue weighted by Crippen LogP contribution is -2.37. The van der Waals surface area contributed by atoms with Crippen molar-refractivity contribution >= 4 is 33.5 Å². The Morgan fingerprint density at radius 3 is 2.70 bits per heavy atom. The average molecular weight is 356 g/mol. The average Bonchev–Trinajstić information content (AvgIpc) is 2.47. The van der Waals surface area contributed by atoms with Gasteiger partial charge in [-0.25, -0.2) is 0 Å². The fraction of sp³-hybridized carbons (Fsp3) is 0.308. The number of morpholine rings is 1. The van der Waals surface area contributed by atoms with E-state index < -0.39 is 0 Å². The lowest BCUT2D eigenvalue weighted by molar-refractivity contribution is 0.122.